The average molecular weight is 556 g/mol. The third-order valence-electron chi connectivity index (χ3n) is 6.54. The Kier molecular flexibility index (Phi) is 8.01. The van der Waals surface area contributed by atoms with Crippen LogP contribution in [0, 0.1) is 0 Å². The molecule has 196 valence electrons. The third kappa shape index (κ3) is 6.17. The normalized spacial score (nSPS) is 12.1. The summed E-state index contributed by atoms with van der Waals surface area (Å²) in [5.74, 6) is 1.28. The number of aromatic nitrogens is 2. The van der Waals surface area contributed by atoms with Crippen LogP contribution in [0.2, 0.25) is 10.0 Å². The molecule has 1 heterocycles. The second kappa shape index (κ2) is 11.8. The number of carbonyl (C=O) groups excluding carboxylic acids is 1. The van der Waals surface area contributed by atoms with Crippen molar-refractivity contribution < 1.29 is 9.53 Å². The summed E-state index contributed by atoms with van der Waals surface area (Å²) in [6.07, 6.45) is 5.67. The molecule has 1 amide bonds. The van der Waals surface area contributed by atoms with Gasteiger partial charge in [-0.3, -0.25) is 4.79 Å². The molecule has 1 atom stereocenters. The Labute approximate surface area is 237 Å². The van der Waals surface area contributed by atoms with Crippen molar-refractivity contribution >= 4 is 52.0 Å². The molecule has 7 heteroatoms. The number of carbonyl (C=O) groups is 1. The Morgan fingerprint density at radius 3 is 2.54 bits per heavy atom. The molecule has 1 aromatic heterocycles. The lowest BCUT2D eigenvalue weighted by molar-refractivity contribution is -0.122. The number of fused-ring (bicyclic) bond motifs is 1. The van der Waals surface area contributed by atoms with E-state index in [1.807, 2.05) is 84.4 Å². The first kappa shape index (κ1) is 26.5. The lowest BCUT2D eigenvalue weighted by atomic mass is 10.00. The number of amides is 1. The summed E-state index contributed by atoms with van der Waals surface area (Å²) in [6.45, 7) is 2.09. The fourth-order valence-electron chi connectivity index (χ4n) is 4.55. The first-order valence-electron chi connectivity index (χ1n) is 12.5. The second-order valence-corrected chi connectivity index (χ2v) is 10.0. The zero-order valence-electron chi connectivity index (χ0n) is 21.6. The van der Waals surface area contributed by atoms with Crippen LogP contribution in [-0.4, -0.2) is 22.6 Å². The summed E-state index contributed by atoms with van der Waals surface area (Å²) in [5.41, 5.74) is 3.44. The number of hydrogen-bond donors (Lipinski definition) is 1. The van der Waals surface area contributed by atoms with Crippen LogP contribution in [0.25, 0.3) is 34.2 Å². The van der Waals surface area contributed by atoms with E-state index in [2.05, 4.69) is 23.5 Å². The maximum atomic E-state index is 13.2. The van der Waals surface area contributed by atoms with Gasteiger partial charge in [-0.15, -0.1) is 0 Å². The number of nitrogens with zero attached hydrogens (tertiary/aromatic N) is 2. The van der Waals surface area contributed by atoms with Crippen LogP contribution >= 0.6 is 23.2 Å². The summed E-state index contributed by atoms with van der Waals surface area (Å²) in [7, 11) is 1.64. The van der Waals surface area contributed by atoms with Crippen LogP contribution in [0.5, 0.6) is 5.75 Å². The van der Waals surface area contributed by atoms with E-state index in [1.54, 1.807) is 19.2 Å². The fourth-order valence-corrected chi connectivity index (χ4v) is 5.06. The number of rotatable bonds is 8. The van der Waals surface area contributed by atoms with E-state index < -0.39 is 0 Å². The van der Waals surface area contributed by atoms with Crippen molar-refractivity contribution in [2.45, 2.75) is 19.5 Å². The molecule has 0 saturated heterocycles. The third-order valence-corrected chi connectivity index (χ3v) is 7.08. The molecule has 5 aromatic rings. The van der Waals surface area contributed by atoms with Gasteiger partial charge in [0.15, 0.2) is 0 Å². The first-order chi connectivity index (χ1) is 18.9. The Bertz CT molecular complexity index is 1650. The van der Waals surface area contributed by atoms with Crippen molar-refractivity contribution in [3.63, 3.8) is 0 Å². The number of hydrogen-bond acceptors (Lipinski definition) is 3. The molecule has 0 spiro atoms. The monoisotopic (exact) mass is 555 g/mol. The second-order valence-electron chi connectivity index (χ2n) is 9.20. The smallest absolute Gasteiger partial charge is 0.240 e. The highest BCUT2D eigenvalue weighted by Gasteiger charge is 2.16. The van der Waals surface area contributed by atoms with Crippen molar-refractivity contribution in [3.8, 4) is 17.0 Å². The minimum Gasteiger partial charge on any atom is -0.497 e. The molecule has 0 aliphatic carbocycles. The first-order valence-corrected chi connectivity index (χ1v) is 13.3. The zero-order valence-corrected chi connectivity index (χ0v) is 23.1. The molecular formula is C32H27Cl2N3O2. The number of ether oxygens (including phenoxy) is 1. The van der Waals surface area contributed by atoms with E-state index in [1.165, 1.54) is 0 Å². The molecule has 0 aliphatic heterocycles. The number of nitrogens with one attached hydrogen (secondary N) is 1. The van der Waals surface area contributed by atoms with Gasteiger partial charge in [0.2, 0.25) is 5.91 Å². The molecule has 0 unspecified atom stereocenters. The largest absolute Gasteiger partial charge is 0.497 e. The molecule has 0 saturated carbocycles. The van der Waals surface area contributed by atoms with E-state index in [0.717, 1.165) is 33.2 Å². The molecule has 0 fully saturated rings. The molecule has 5 nitrogen and oxygen atoms in total. The van der Waals surface area contributed by atoms with E-state index in [-0.39, 0.29) is 18.5 Å². The minimum absolute atomic E-state index is 0.0929. The minimum atomic E-state index is -0.171. The lowest BCUT2D eigenvalue weighted by Crippen LogP contribution is -2.30. The molecule has 4 aromatic carbocycles. The van der Waals surface area contributed by atoms with Crippen molar-refractivity contribution in [2.75, 3.05) is 7.11 Å². The molecule has 0 aliphatic rings. The van der Waals surface area contributed by atoms with Crippen LogP contribution < -0.4 is 10.1 Å². The molecular weight excluding hydrogens is 529 g/mol. The topological polar surface area (TPSA) is 56.2 Å². The van der Waals surface area contributed by atoms with Gasteiger partial charge in [-0.05, 0) is 65.2 Å². The highest BCUT2D eigenvalue weighted by Crippen LogP contribution is 2.30. The molecule has 5 rings (SSSR count). The van der Waals surface area contributed by atoms with Crippen molar-refractivity contribution in [1.29, 1.82) is 0 Å². The number of halogens is 2. The zero-order chi connectivity index (χ0) is 27.4. The molecule has 0 bridgehead atoms. The standard InChI is InChI=1S/C32H27Cl2N3O2/c1-21(26-9-5-7-23-6-3-4-8-27(23)26)35-32(38)20-37-19-30(28-16-13-24(33)18-29(28)34)36-31(37)17-12-22-10-14-25(39-2)15-11-22/h3-19,21H,20H2,1-2H3,(H,35,38)/b17-12+/t21-/m1/s1. The molecule has 0 radical (unpaired) electrons. The van der Waals surface area contributed by atoms with Gasteiger partial charge in [-0.2, -0.15) is 0 Å². The van der Waals surface area contributed by atoms with Crippen LogP contribution in [0.1, 0.15) is 29.9 Å². The van der Waals surface area contributed by atoms with Gasteiger partial charge in [-0.1, -0.05) is 83.9 Å². The van der Waals surface area contributed by atoms with Gasteiger partial charge in [0.1, 0.15) is 18.1 Å². The summed E-state index contributed by atoms with van der Waals surface area (Å²) >= 11 is 12.6. The van der Waals surface area contributed by atoms with E-state index in [4.69, 9.17) is 32.9 Å². The van der Waals surface area contributed by atoms with E-state index in [0.29, 0.717) is 21.6 Å². The van der Waals surface area contributed by atoms with Crippen molar-refractivity contribution in [1.82, 2.24) is 14.9 Å². The van der Waals surface area contributed by atoms with Crippen molar-refractivity contribution in [3.05, 3.63) is 118 Å². The Morgan fingerprint density at radius 2 is 1.77 bits per heavy atom. The Morgan fingerprint density at radius 1 is 1.00 bits per heavy atom. The summed E-state index contributed by atoms with van der Waals surface area (Å²) < 4.78 is 7.07. The quantitative estimate of drug-likeness (QED) is 0.210. The van der Waals surface area contributed by atoms with E-state index in [9.17, 15) is 4.79 Å². The fraction of sp³-hybridized carbons (Fsp3) is 0.125. The summed E-state index contributed by atoms with van der Waals surface area (Å²) in [6, 6.07) is 27.1. The molecule has 1 N–H and O–H groups in total. The predicted molar refractivity (Wildman–Crippen MR) is 160 cm³/mol. The Balaban J connectivity index is 1.42. The number of methoxy groups -OCH3 is 1. The average Bonchev–Trinajstić information content (AvgIpc) is 3.33. The van der Waals surface area contributed by atoms with Crippen LogP contribution in [-0.2, 0) is 11.3 Å². The highest BCUT2D eigenvalue weighted by molar-refractivity contribution is 6.36. The number of benzene rings is 4. The van der Waals surface area contributed by atoms with Crippen LogP contribution in [0.3, 0.4) is 0 Å². The Hall–Kier alpha value is -4.06. The highest BCUT2D eigenvalue weighted by atomic mass is 35.5. The maximum absolute atomic E-state index is 13.2. The van der Waals surface area contributed by atoms with Gasteiger partial charge in [0, 0.05) is 16.8 Å². The van der Waals surface area contributed by atoms with Gasteiger partial charge < -0.3 is 14.6 Å². The van der Waals surface area contributed by atoms with Crippen molar-refractivity contribution in [2.24, 2.45) is 0 Å². The van der Waals surface area contributed by atoms with E-state index >= 15 is 0 Å². The number of imidazole rings is 1. The van der Waals surface area contributed by atoms with Gasteiger partial charge in [-0.25, -0.2) is 4.98 Å². The van der Waals surface area contributed by atoms with Crippen LogP contribution in [0.15, 0.2) is 91.1 Å². The van der Waals surface area contributed by atoms with Gasteiger partial charge in [0.05, 0.1) is 23.9 Å². The maximum Gasteiger partial charge on any atom is 0.240 e. The van der Waals surface area contributed by atoms with Gasteiger partial charge in [0.25, 0.3) is 0 Å². The summed E-state index contributed by atoms with van der Waals surface area (Å²) in [4.78, 5) is 18.0. The lowest BCUT2D eigenvalue weighted by Gasteiger charge is -2.17. The molecule has 39 heavy (non-hydrogen) atoms. The summed E-state index contributed by atoms with van der Waals surface area (Å²) in [5, 5.41) is 6.45. The van der Waals surface area contributed by atoms with Gasteiger partial charge >= 0.3 is 0 Å². The predicted octanol–water partition coefficient (Wildman–Crippen LogP) is 8.07. The SMILES string of the molecule is COc1ccc(/C=C/c2nc(-c3ccc(Cl)cc3Cl)cn2CC(=O)N[C@H](C)c2cccc3ccccc23)cc1. The van der Waals surface area contributed by atoms with Crippen LogP contribution in [0.4, 0.5) is 0 Å².